The van der Waals surface area contributed by atoms with E-state index in [0.717, 1.165) is 4.31 Å². The van der Waals surface area contributed by atoms with Gasteiger partial charge in [0.25, 0.3) is 5.69 Å². The number of carbonyl (C=O) groups is 1. The van der Waals surface area contributed by atoms with Gasteiger partial charge in [0.1, 0.15) is 5.75 Å². The molecular weight excluding hydrogens is 422 g/mol. The number of aryl methyl sites for hydroxylation is 1. The number of benzene rings is 2. The van der Waals surface area contributed by atoms with E-state index in [9.17, 15) is 23.3 Å². The third-order valence-electron chi connectivity index (χ3n) is 3.98. The molecule has 9 nitrogen and oxygen atoms in total. The Bertz CT molecular complexity index is 1040. The first-order valence-corrected chi connectivity index (χ1v) is 10.3. The molecule has 0 bridgehead atoms. The van der Waals surface area contributed by atoms with Gasteiger partial charge in [0, 0.05) is 19.2 Å². The maximum atomic E-state index is 12.7. The normalized spacial score (nSPS) is 11.3. The van der Waals surface area contributed by atoms with Gasteiger partial charge in [-0.2, -0.15) is 4.31 Å². The van der Waals surface area contributed by atoms with E-state index in [1.807, 2.05) is 0 Å². The summed E-state index contributed by atoms with van der Waals surface area (Å²) in [5.41, 5.74) is 0.655. The monoisotopic (exact) mass is 441 g/mol. The third kappa shape index (κ3) is 5.43. The zero-order chi connectivity index (χ0) is 21.8. The fourth-order valence-corrected chi connectivity index (χ4v) is 3.88. The summed E-state index contributed by atoms with van der Waals surface area (Å²) in [6.07, 6.45) is 0. The molecule has 0 aliphatic heterocycles. The minimum atomic E-state index is -3.99. The number of ether oxygens (including phenoxy) is 1. The summed E-state index contributed by atoms with van der Waals surface area (Å²) in [5, 5.41) is 13.5. The van der Waals surface area contributed by atoms with Crippen LogP contribution in [0.15, 0.2) is 41.3 Å². The minimum absolute atomic E-state index is 0.0900. The number of nitrogens with zero attached hydrogens (tertiary/aromatic N) is 2. The molecule has 0 heterocycles. The van der Waals surface area contributed by atoms with E-state index >= 15 is 0 Å². The Morgan fingerprint density at radius 1 is 1.28 bits per heavy atom. The molecule has 0 atom stereocenters. The maximum absolute atomic E-state index is 12.7. The van der Waals surface area contributed by atoms with E-state index in [0.29, 0.717) is 17.9 Å². The molecule has 11 heteroatoms. The lowest BCUT2D eigenvalue weighted by Gasteiger charge is -2.18. The van der Waals surface area contributed by atoms with Gasteiger partial charge in [-0.05, 0) is 37.6 Å². The molecule has 1 N–H and O–H groups in total. The predicted octanol–water partition coefficient (Wildman–Crippen LogP) is 3.21. The van der Waals surface area contributed by atoms with E-state index in [1.165, 1.54) is 43.4 Å². The quantitative estimate of drug-likeness (QED) is 0.496. The van der Waals surface area contributed by atoms with Crippen LogP contribution in [0.25, 0.3) is 0 Å². The molecule has 0 aliphatic carbocycles. The number of rotatable bonds is 8. The van der Waals surface area contributed by atoms with Gasteiger partial charge in [-0.1, -0.05) is 17.7 Å². The van der Waals surface area contributed by atoms with E-state index < -0.39 is 27.4 Å². The number of amides is 1. The molecule has 0 saturated carbocycles. The number of halogens is 1. The van der Waals surface area contributed by atoms with Crippen LogP contribution >= 0.6 is 11.6 Å². The molecule has 0 spiro atoms. The largest absolute Gasteiger partial charge is 0.492 e. The van der Waals surface area contributed by atoms with Crippen molar-refractivity contribution >= 4 is 38.9 Å². The third-order valence-corrected chi connectivity index (χ3v) is 6.08. The number of likely N-dealkylation sites (N-methyl/N-ethyl adjacent to an activating group) is 1. The highest BCUT2D eigenvalue weighted by Gasteiger charge is 2.24. The van der Waals surface area contributed by atoms with Crippen molar-refractivity contribution in [1.29, 1.82) is 0 Å². The Morgan fingerprint density at radius 3 is 2.55 bits per heavy atom. The van der Waals surface area contributed by atoms with E-state index in [-0.39, 0.29) is 21.3 Å². The standard InChI is InChI=1S/C18H20ClN3O6S/c1-4-28-17-8-7-14(10-15(17)19)29(26,27)21(3)11-18(23)20-16-9-13(22(24)25)6-5-12(16)2/h5-10H,4,11H2,1-3H3,(H,20,23). The first kappa shape index (κ1) is 22.6. The Morgan fingerprint density at radius 2 is 1.97 bits per heavy atom. The van der Waals surface area contributed by atoms with Crippen molar-refractivity contribution in [3.8, 4) is 5.75 Å². The molecular formula is C18H20ClN3O6S. The summed E-state index contributed by atoms with van der Waals surface area (Å²) in [4.78, 5) is 22.5. The second-order valence-corrected chi connectivity index (χ2v) is 8.54. The second-order valence-electron chi connectivity index (χ2n) is 6.09. The second kappa shape index (κ2) is 9.21. The molecule has 1 amide bonds. The number of nitro benzene ring substituents is 1. The minimum Gasteiger partial charge on any atom is -0.492 e. The number of nitrogens with one attached hydrogen (secondary N) is 1. The van der Waals surface area contributed by atoms with Crippen LogP contribution in [-0.2, 0) is 14.8 Å². The predicted molar refractivity (Wildman–Crippen MR) is 109 cm³/mol. The van der Waals surface area contributed by atoms with Crippen molar-refractivity contribution in [3.63, 3.8) is 0 Å². The fourth-order valence-electron chi connectivity index (χ4n) is 2.43. The molecule has 0 aliphatic rings. The molecule has 0 radical (unpaired) electrons. The SMILES string of the molecule is CCOc1ccc(S(=O)(=O)N(C)CC(=O)Nc2cc([N+](=O)[O-])ccc2C)cc1Cl. The number of anilines is 1. The molecule has 0 fully saturated rings. The van der Waals surface area contributed by atoms with Crippen LogP contribution in [0.4, 0.5) is 11.4 Å². The molecule has 0 saturated heterocycles. The maximum Gasteiger partial charge on any atom is 0.271 e. The number of nitro groups is 1. The van der Waals surface area contributed by atoms with Gasteiger partial charge in [-0.3, -0.25) is 14.9 Å². The first-order valence-electron chi connectivity index (χ1n) is 8.49. The Balaban J connectivity index is 2.15. The number of hydrogen-bond acceptors (Lipinski definition) is 6. The van der Waals surface area contributed by atoms with Crippen LogP contribution in [0, 0.1) is 17.0 Å². The molecule has 2 aromatic rings. The number of non-ortho nitro benzene ring substituents is 1. The molecule has 0 aromatic heterocycles. The van der Waals surface area contributed by atoms with Crippen LogP contribution in [-0.4, -0.2) is 43.8 Å². The van der Waals surface area contributed by atoms with Crippen molar-refractivity contribution in [2.24, 2.45) is 0 Å². The molecule has 0 unspecified atom stereocenters. The summed E-state index contributed by atoms with van der Waals surface area (Å²) in [7, 11) is -2.74. The summed E-state index contributed by atoms with van der Waals surface area (Å²) in [6.45, 7) is 3.33. The van der Waals surface area contributed by atoms with Crippen molar-refractivity contribution in [3.05, 3.63) is 57.1 Å². The Hall–Kier alpha value is -2.69. The smallest absolute Gasteiger partial charge is 0.271 e. The van der Waals surface area contributed by atoms with Crippen LogP contribution < -0.4 is 10.1 Å². The molecule has 2 rings (SSSR count). The highest BCUT2D eigenvalue weighted by Crippen LogP contribution is 2.28. The summed E-state index contributed by atoms with van der Waals surface area (Å²) in [6, 6.07) is 8.06. The van der Waals surface area contributed by atoms with Gasteiger partial charge in [0.2, 0.25) is 15.9 Å². The molecule has 29 heavy (non-hydrogen) atoms. The van der Waals surface area contributed by atoms with Crippen molar-refractivity contribution in [2.75, 3.05) is 25.5 Å². The lowest BCUT2D eigenvalue weighted by atomic mass is 10.2. The first-order chi connectivity index (χ1) is 13.6. The molecule has 156 valence electrons. The summed E-state index contributed by atoms with van der Waals surface area (Å²) >= 11 is 6.05. The summed E-state index contributed by atoms with van der Waals surface area (Å²) < 4.78 is 31.6. The van der Waals surface area contributed by atoms with Gasteiger partial charge in [-0.25, -0.2) is 8.42 Å². The Labute approximate surface area is 173 Å². The van der Waals surface area contributed by atoms with Crippen molar-refractivity contribution < 1.29 is 22.9 Å². The van der Waals surface area contributed by atoms with Crippen LogP contribution in [0.2, 0.25) is 5.02 Å². The van der Waals surface area contributed by atoms with Gasteiger partial charge in [0.05, 0.1) is 33.7 Å². The zero-order valence-corrected chi connectivity index (χ0v) is 17.6. The number of sulfonamides is 1. The number of hydrogen-bond donors (Lipinski definition) is 1. The van der Waals surface area contributed by atoms with E-state index in [1.54, 1.807) is 13.8 Å². The highest BCUT2D eigenvalue weighted by molar-refractivity contribution is 7.89. The van der Waals surface area contributed by atoms with Gasteiger partial charge in [-0.15, -0.1) is 0 Å². The van der Waals surface area contributed by atoms with E-state index in [2.05, 4.69) is 5.32 Å². The van der Waals surface area contributed by atoms with Gasteiger partial charge in [0.15, 0.2) is 0 Å². The van der Waals surface area contributed by atoms with Crippen molar-refractivity contribution in [1.82, 2.24) is 4.31 Å². The topological polar surface area (TPSA) is 119 Å². The van der Waals surface area contributed by atoms with Crippen molar-refractivity contribution in [2.45, 2.75) is 18.7 Å². The molecule has 2 aromatic carbocycles. The van der Waals surface area contributed by atoms with Gasteiger partial charge >= 0.3 is 0 Å². The number of carbonyl (C=O) groups excluding carboxylic acids is 1. The average molecular weight is 442 g/mol. The van der Waals surface area contributed by atoms with Crippen LogP contribution in [0.1, 0.15) is 12.5 Å². The highest BCUT2D eigenvalue weighted by atomic mass is 35.5. The summed E-state index contributed by atoms with van der Waals surface area (Å²) in [5.74, 6) is -0.286. The fraction of sp³-hybridized carbons (Fsp3) is 0.278. The average Bonchev–Trinajstić information content (AvgIpc) is 2.64. The zero-order valence-electron chi connectivity index (χ0n) is 16.0. The Kier molecular flexibility index (Phi) is 7.17. The van der Waals surface area contributed by atoms with Gasteiger partial charge < -0.3 is 10.1 Å². The van der Waals surface area contributed by atoms with Crippen LogP contribution in [0.5, 0.6) is 5.75 Å². The lowest BCUT2D eigenvalue weighted by molar-refractivity contribution is -0.384. The lowest BCUT2D eigenvalue weighted by Crippen LogP contribution is -2.35. The van der Waals surface area contributed by atoms with Crippen LogP contribution in [0.3, 0.4) is 0 Å². The van der Waals surface area contributed by atoms with E-state index in [4.69, 9.17) is 16.3 Å².